The third-order valence-electron chi connectivity index (χ3n) is 3.33. The molecular weight excluding hydrogens is 282 g/mol. The number of rotatable bonds is 2. The number of phenols is 1. The number of aromatic hydroxyl groups is 1. The van der Waals surface area contributed by atoms with Crippen LogP contribution in [0.2, 0.25) is 0 Å². The molecule has 94 valence electrons. The molecule has 1 fully saturated rings. The van der Waals surface area contributed by atoms with Crippen LogP contribution in [0.25, 0.3) is 0 Å². The van der Waals surface area contributed by atoms with Gasteiger partial charge in [-0.25, -0.2) is 0 Å². The van der Waals surface area contributed by atoms with E-state index in [1.165, 1.54) is 12.8 Å². The molecule has 0 bridgehead atoms. The number of benzene rings is 1. The summed E-state index contributed by atoms with van der Waals surface area (Å²) in [6.07, 6.45) is 3.58. The van der Waals surface area contributed by atoms with Crippen LogP contribution >= 0.6 is 15.9 Å². The van der Waals surface area contributed by atoms with E-state index in [9.17, 15) is 5.11 Å². The van der Waals surface area contributed by atoms with Gasteiger partial charge in [-0.05, 0) is 59.4 Å². The van der Waals surface area contributed by atoms with Crippen LogP contribution in [0.5, 0.6) is 11.5 Å². The summed E-state index contributed by atoms with van der Waals surface area (Å²) in [6.45, 7) is 3.10. The highest BCUT2D eigenvalue weighted by atomic mass is 79.9. The van der Waals surface area contributed by atoms with Gasteiger partial charge in [0.05, 0.1) is 11.6 Å². The first kappa shape index (κ1) is 12.7. The average molecular weight is 300 g/mol. The third kappa shape index (κ3) is 2.43. The molecule has 0 aliphatic carbocycles. The number of methoxy groups -OCH3 is 1. The van der Waals surface area contributed by atoms with E-state index < -0.39 is 0 Å². The van der Waals surface area contributed by atoms with Gasteiger partial charge < -0.3 is 15.2 Å². The molecular formula is C13H18BrNO2. The minimum absolute atomic E-state index is 0.195. The van der Waals surface area contributed by atoms with Crippen LogP contribution in [0, 0.1) is 6.92 Å². The van der Waals surface area contributed by atoms with Crippen molar-refractivity contribution in [2.75, 3.05) is 13.7 Å². The van der Waals surface area contributed by atoms with Gasteiger partial charge in [0.25, 0.3) is 0 Å². The van der Waals surface area contributed by atoms with Crippen LogP contribution in [0.15, 0.2) is 10.5 Å². The number of aryl methyl sites for hydroxylation is 1. The second-order valence-corrected chi connectivity index (χ2v) is 5.27. The van der Waals surface area contributed by atoms with Crippen LogP contribution in [0.4, 0.5) is 0 Å². The average Bonchev–Trinajstić information content (AvgIpc) is 2.35. The Morgan fingerprint density at radius 3 is 2.82 bits per heavy atom. The van der Waals surface area contributed by atoms with Gasteiger partial charge in [-0.2, -0.15) is 0 Å². The zero-order valence-corrected chi connectivity index (χ0v) is 11.8. The predicted molar refractivity (Wildman–Crippen MR) is 71.7 cm³/mol. The molecule has 17 heavy (non-hydrogen) atoms. The second kappa shape index (κ2) is 5.27. The summed E-state index contributed by atoms with van der Waals surface area (Å²) in [6, 6.07) is 2.22. The molecule has 1 aliphatic rings. The fraction of sp³-hybridized carbons (Fsp3) is 0.538. The number of ether oxygens (including phenoxy) is 1. The van der Waals surface area contributed by atoms with Gasteiger partial charge in [0, 0.05) is 6.04 Å². The van der Waals surface area contributed by atoms with Crippen molar-refractivity contribution in [3.63, 3.8) is 0 Å². The maximum Gasteiger partial charge on any atom is 0.172 e. The van der Waals surface area contributed by atoms with Gasteiger partial charge in [-0.3, -0.25) is 0 Å². The van der Waals surface area contributed by atoms with Crippen molar-refractivity contribution in [1.29, 1.82) is 0 Å². The summed E-state index contributed by atoms with van der Waals surface area (Å²) < 4.78 is 5.91. The van der Waals surface area contributed by atoms with E-state index in [1.54, 1.807) is 7.11 Å². The SMILES string of the molecule is COc1cc(C)c(C2CCCCN2)c(Br)c1O. The molecule has 0 amide bonds. The van der Waals surface area contributed by atoms with E-state index in [1.807, 2.05) is 6.07 Å². The largest absolute Gasteiger partial charge is 0.503 e. The van der Waals surface area contributed by atoms with Crippen LogP contribution in [0.1, 0.15) is 36.4 Å². The Morgan fingerprint density at radius 2 is 2.24 bits per heavy atom. The van der Waals surface area contributed by atoms with Gasteiger partial charge in [0.2, 0.25) is 0 Å². The summed E-state index contributed by atoms with van der Waals surface area (Å²) in [7, 11) is 1.57. The van der Waals surface area contributed by atoms with Crippen LogP contribution in [-0.4, -0.2) is 18.8 Å². The van der Waals surface area contributed by atoms with Crippen LogP contribution < -0.4 is 10.1 Å². The van der Waals surface area contributed by atoms with Crippen molar-refractivity contribution >= 4 is 15.9 Å². The summed E-state index contributed by atoms with van der Waals surface area (Å²) in [5.41, 5.74) is 2.30. The monoisotopic (exact) mass is 299 g/mol. The highest BCUT2D eigenvalue weighted by molar-refractivity contribution is 9.10. The van der Waals surface area contributed by atoms with Gasteiger partial charge in [-0.15, -0.1) is 0 Å². The molecule has 4 heteroatoms. The highest BCUT2D eigenvalue weighted by Crippen LogP contribution is 2.42. The first-order valence-electron chi connectivity index (χ1n) is 5.94. The van der Waals surface area contributed by atoms with Crippen molar-refractivity contribution in [2.45, 2.75) is 32.2 Å². The lowest BCUT2D eigenvalue weighted by Crippen LogP contribution is -2.27. The van der Waals surface area contributed by atoms with Crippen molar-refractivity contribution in [3.05, 3.63) is 21.7 Å². The van der Waals surface area contributed by atoms with E-state index >= 15 is 0 Å². The summed E-state index contributed by atoms with van der Waals surface area (Å²) in [5.74, 6) is 0.717. The van der Waals surface area contributed by atoms with E-state index in [-0.39, 0.29) is 5.75 Å². The number of hydrogen-bond acceptors (Lipinski definition) is 3. The Morgan fingerprint density at radius 1 is 1.47 bits per heavy atom. The minimum Gasteiger partial charge on any atom is -0.503 e. The lowest BCUT2D eigenvalue weighted by molar-refractivity contribution is 0.366. The fourth-order valence-corrected chi connectivity index (χ4v) is 3.22. The zero-order chi connectivity index (χ0) is 12.4. The Bertz CT molecular complexity index is 414. The highest BCUT2D eigenvalue weighted by Gasteiger charge is 2.22. The van der Waals surface area contributed by atoms with Gasteiger partial charge in [0.15, 0.2) is 11.5 Å². The lowest BCUT2D eigenvalue weighted by atomic mass is 9.93. The van der Waals surface area contributed by atoms with E-state index in [2.05, 4.69) is 28.2 Å². The zero-order valence-electron chi connectivity index (χ0n) is 10.2. The summed E-state index contributed by atoms with van der Waals surface area (Å²) in [5, 5.41) is 13.5. The summed E-state index contributed by atoms with van der Waals surface area (Å²) >= 11 is 3.49. The minimum atomic E-state index is 0.195. The Hall–Kier alpha value is -0.740. The molecule has 1 atom stereocenters. The van der Waals surface area contributed by atoms with Gasteiger partial charge >= 0.3 is 0 Å². The molecule has 2 N–H and O–H groups in total. The first-order valence-corrected chi connectivity index (χ1v) is 6.73. The third-order valence-corrected chi connectivity index (χ3v) is 4.13. The smallest absolute Gasteiger partial charge is 0.172 e. The van der Waals surface area contributed by atoms with Gasteiger partial charge in [-0.1, -0.05) is 6.42 Å². The number of piperidine rings is 1. The molecule has 1 aromatic carbocycles. The molecule has 1 aliphatic heterocycles. The molecule has 0 aromatic heterocycles. The standard InChI is InChI=1S/C13H18BrNO2/c1-8-7-10(17-2)13(16)12(14)11(8)9-5-3-4-6-15-9/h7,9,15-16H,3-6H2,1-2H3. The lowest BCUT2D eigenvalue weighted by Gasteiger charge is -2.27. The Balaban J connectivity index is 2.42. The van der Waals surface area contributed by atoms with E-state index in [0.717, 1.165) is 28.6 Å². The molecule has 1 saturated heterocycles. The van der Waals surface area contributed by atoms with Gasteiger partial charge in [0.1, 0.15) is 0 Å². The van der Waals surface area contributed by atoms with E-state index in [4.69, 9.17) is 4.74 Å². The van der Waals surface area contributed by atoms with Crippen LogP contribution in [-0.2, 0) is 0 Å². The molecule has 3 nitrogen and oxygen atoms in total. The molecule has 2 rings (SSSR count). The molecule has 0 saturated carbocycles. The van der Waals surface area contributed by atoms with Crippen molar-refractivity contribution < 1.29 is 9.84 Å². The van der Waals surface area contributed by atoms with E-state index in [0.29, 0.717) is 11.8 Å². The Kier molecular flexibility index (Phi) is 3.94. The van der Waals surface area contributed by atoms with Crippen molar-refractivity contribution in [2.24, 2.45) is 0 Å². The number of halogens is 1. The van der Waals surface area contributed by atoms with Crippen molar-refractivity contribution in [3.8, 4) is 11.5 Å². The maximum atomic E-state index is 10.0. The second-order valence-electron chi connectivity index (χ2n) is 4.47. The first-order chi connectivity index (χ1) is 8.15. The predicted octanol–water partition coefficient (Wildman–Crippen LogP) is 3.29. The quantitative estimate of drug-likeness (QED) is 0.880. The Labute approximate surface area is 110 Å². The molecule has 0 radical (unpaired) electrons. The number of phenolic OH excluding ortho intramolecular Hbond substituents is 1. The molecule has 1 heterocycles. The summed E-state index contributed by atoms with van der Waals surface area (Å²) in [4.78, 5) is 0. The van der Waals surface area contributed by atoms with Crippen molar-refractivity contribution in [1.82, 2.24) is 5.32 Å². The number of hydrogen-bond donors (Lipinski definition) is 2. The van der Waals surface area contributed by atoms with Crippen LogP contribution in [0.3, 0.4) is 0 Å². The molecule has 0 spiro atoms. The topological polar surface area (TPSA) is 41.5 Å². The molecule has 1 unspecified atom stereocenters. The normalized spacial score (nSPS) is 20.3. The fourth-order valence-electron chi connectivity index (χ4n) is 2.43. The maximum absolute atomic E-state index is 10.0. The molecule has 1 aromatic rings. The number of nitrogens with one attached hydrogen (secondary N) is 1.